The number of ether oxygens (including phenoxy) is 2. The fraction of sp³-hybridized carbons (Fsp3) is 0.391. The number of nitrogens with one attached hydrogen (secondary N) is 1. The summed E-state index contributed by atoms with van der Waals surface area (Å²) in [5.41, 5.74) is 2.26. The molecule has 3 heterocycles. The number of benzene rings is 1. The van der Waals surface area contributed by atoms with Gasteiger partial charge in [0.15, 0.2) is 0 Å². The number of para-hydroxylation sites is 1. The van der Waals surface area contributed by atoms with Gasteiger partial charge in [-0.1, -0.05) is 24.3 Å². The van der Waals surface area contributed by atoms with E-state index in [0.717, 1.165) is 56.1 Å². The van der Waals surface area contributed by atoms with Gasteiger partial charge in [0.25, 0.3) is 0 Å². The van der Waals surface area contributed by atoms with E-state index >= 15 is 0 Å². The summed E-state index contributed by atoms with van der Waals surface area (Å²) >= 11 is 0. The second kappa shape index (κ2) is 7.76. The van der Waals surface area contributed by atoms with Crippen molar-refractivity contribution in [2.45, 2.75) is 43.7 Å². The smallest absolute Gasteiger partial charge is 0.217 e. The van der Waals surface area contributed by atoms with Crippen molar-refractivity contribution in [3.63, 3.8) is 0 Å². The molecule has 2 fully saturated rings. The van der Waals surface area contributed by atoms with Gasteiger partial charge < -0.3 is 14.8 Å². The Morgan fingerprint density at radius 3 is 2.71 bits per heavy atom. The minimum atomic E-state index is 0.214. The van der Waals surface area contributed by atoms with E-state index in [1.165, 1.54) is 10.9 Å². The van der Waals surface area contributed by atoms with Crippen LogP contribution < -0.4 is 10.1 Å². The standard InChI is InChI=1S/C23H25N3O2/c1-2-6-21-17(4-1)7-8-22(26-21)25-18-14-19(15-18)28-23-20(5-3-11-24-23)16-9-12-27-13-10-16/h1-8,11,16,18-19H,9-10,12-15H2,(H,25,26)/t18-,19+. The molecule has 1 saturated carbocycles. The molecule has 0 atom stereocenters. The van der Waals surface area contributed by atoms with Crippen LogP contribution in [-0.4, -0.2) is 35.3 Å². The normalized spacial score (nSPS) is 22.6. The summed E-state index contributed by atoms with van der Waals surface area (Å²) in [5, 5.41) is 4.70. The van der Waals surface area contributed by atoms with Gasteiger partial charge in [-0.15, -0.1) is 0 Å². The molecule has 5 heteroatoms. The van der Waals surface area contributed by atoms with Gasteiger partial charge in [0.05, 0.1) is 5.52 Å². The lowest BCUT2D eigenvalue weighted by molar-refractivity contribution is 0.0794. The molecule has 5 rings (SSSR count). The third-order valence-electron chi connectivity index (χ3n) is 5.79. The van der Waals surface area contributed by atoms with Crippen molar-refractivity contribution in [3.05, 3.63) is 60.3 Å². The average molecular weight is 375 g/mol. The van der Waals surface area contributed by atoms with Gasteiger partial charge in [-0.05, 0) is 43.0 Å². The van der Waals surface area contributed by atoms with Crippen LogP contribution in [0.15, 0.2) is 54.7 Å². The highest BCUT2D eigenvalue weighted by Gasteiger charge is 2.32. The second-order valence-corrected chi connectivity index (χ2v) is 7.73. The fourth-order valence-corrected chi connectivity index (χ4v) is 4.11. The Morgan fingerprint density at radius 1 is 0.964 bits per heavy atom. The van der Waals surface area contributed by atoms with Crippen LogP contribution in [0.5, 0.6) is 5.88 Å². The summed E-state index contributed by atoms with van der Waals surface area (Å²) in [6.45, 7) is 1.65. The van der Waals surface area contributed by atoms with Crippen molar-refractivity contribution >= 4 is 16.7 Å². The zero-order chi connectivity index (χ0) is 18.8. The maximum absolute atomic E-state index is 6.26. The van der Waals surface area contributed by atoms with Crippen molar-refractivity contribution in [2.24, 2.45) is 0 Å². The summed E-state index contributed by atoms with van der Waals surface area (Å²) in [4.78, 5) is 9.23. The molecule has 2 aromatic heterocycles. The van der Waals surface area contributed by atoms with Crippen LogP contribution in [-0.2, 0) is 4.74 Å². The number of hydrogen-bond donors (Lipinski definition) is 1. The highest BCUT2D eigenvalue weighted by molar-refractivity contribution is 5.80. The van der Waals surface area contributed by atoms with Gasteiger partial charge in [0.2, 0.25) is 5.88 Å². The van der Waals surface area contributed by atoms with Crippen molar-refractivity contribution in [3.8, 4) is 5.88 Å². The van der Waals surface area contributed by atoms with Crippen LogP contribution in [0.25, 0.3) is 10.9 Å². The molecule has 3 aromatic rings. The van der Waals surface area contributed by atoms with Crippen LogP contribution in [0.3, 0.4) is 0 Å². The lowest BCUT2D eigenvalue weighted by Crippen LogP contribution is -2.43. The number of rotatable bonds is 5. The van der Waals surface area contributed by atoms with E-state index in [4.69, 9.17) is 14.5 Å². The van der Waals surface area contributed by atoms with Gasteiger partial charge >= 0.3 is 0 Å². The Bertz CT molecular complexity index is 949. The maximum Gasteiger partial charge on any atom is 0.217 e. The van der Waals surface area contributed by atoms with Crippen LogP contribution in [0, 0.1) is 0 Å². The molecule has 1 aliphatic carbocycles. The second-order valence-electron chi connectivity index (χ2n) is 7.73. The van der Waals surface area contributed by atoms with Gasteiger partial charge in [0, 0.05) is 49.2 Å². The van der Waals surface area contributed by atoms with Crippen molar-refractivity contribution in [2.75, 3.05) is 18.5 Å². The minimum absolute atomic E-state index is 0.214. The van der Waals surface area contributed by atoms with Crippen LogP contribution in [0.1, 0.15) is 37.2 Å². The van der Waals surface area contributed by atoms with E-state index in [9.17, 15) is 0 Å². The van der Waals surface area contributed by atoms with Gasteiger partial charge in [-0.25, -0.2) is 9.97 Å². The molecule has 2 aliphatic rings. The predicted molar refractivity (Wildman–Crippen MR) is 110 cm³/mol. The third kappa shape index (κ3) is 3.67. The topological polar surface area (TPSA) is 56.3 Å². The van der Waals surface area contributed by atoms with Crippen molar-refractivity contribution < 1.29 is 9.47 Å². The zero-order valence-corrected chi connectivity index (χ0v) is 15.9. The largest absolute Gasteiger partial charge is 0.474 e. The van der Waals surface area contributed by atoms with E-state index in [-0.39, 0.29) is 6.10 Å². The lowest BCUT2D eigenvalue weighted by Gasteiger charge is -2.36. The predicted octanol–water partition coefficient (Wildman–Crippen LogP) is 4.55. The first-order valence-corrected chi connectivity index (χ1v) is 10.2. The Hall–Kier alpha value is -2.66. The van der Waals surface area contributed by atoms with Crippen LogP contribution in [0.2, 0.25) is 0 Å². The Balaban J connectivity index is 1.19. The highest BCUT2D eigenvalue weighted by Crippen LogP contribution is 2.35. The number of fused-ring (bicyclic) bond motifs is 1. The molecule has 0 amide bonds. The lowest BCUT2D eigenvalue weighted by atomic mass is 9.88. The Kier molecular flexibility index (Phi) is 4.83. The van der Waals surface area contributed by atoms with E-state index in [1.807, 2.05) is 30.5 Å². The van der Waals surface area contributed by atoms with Crippen LogP contribution >= 0.6 is 0 Å². The number of pyridine rings is 2. The Labute approximate surface area is 165 Å². The van der Waals surface area contributed by atoms with Crippen molar-refractivity contribution in [1.29, 1.82) is 0 Å². The number of nitrogens with zero attached hydrogens (tertiary/aromatic N) is 2. The minimum Gasteiger partial charge on any atom is -0.474 e. The van der Waals surface area contributed by atoms with E-state index < -0.39 is 0 Å². The molecular formula is C23H25N3O2. The molecule has 0 spiro atoms. The summed E-state index contributed by atoms with van der Waals surface area (Å²) < 4.78 is 11.8. The van der Waals surface area contributed by atoms with Gasteiger partial charge in [-0.3, -0.25) is 0 Å². The first-order chi connectivity index (χ1) is 13.8. The van der Waals surface area contributed by atoms with E-state index in [0.29, 0.717) is 12.0 Å². The molecule has 1 N–H and O–H groups in total. The number of aromatic nitrogens is 2. The first kappa shape index (κ1) is 17.4. The fourth-order valence-electron chi connectivity index (χ4n) is 4.11. The molecule has 144 valence electrons. The van der Waals surface area contributed by atoms with Gasteiger partial charge in [-0.2, -0.15) is 0 Å². The molecule has 0 bridgehead atoms. The molecule has 0 radical (unpaired) electrons. The van der Waals surface area contributed by atoms with Gasteiger partial charge in [0.1, 0.15) is 11.9 Å². The van der Waals surface area contributed by atoms with Crippen molar-refractivity contribution in [1.82, 2.24) is 9.97 Å². The number of anilines is 1. The molecule has 1 saturated heterocycles. The zero-order valence-electron chi connectivity index (χ0n) is 15.9. The summed E-state index contributed by atoms with van der Waals surface area (Å²) in [7, 11) is 0. The average Bonchev–Trinajstić information content (AvgIpc) is 2.73. The van der Waals surface area contributed by atoms with E-state index in [2.05, 4.69) is 34.6 Å². The molecular weight excluding hydrogens is 350 g/mol. The quantitative estimate of drug-likeness (QED) is 0.709. The molecule has 1 aromatic carbocycles. The molecule has 1 aliphatic heterocycles. The molecule has 5 nitrogen and oxygen atoms in total. The van der Waals surface area contributed by atoms with E-state index in [1.54, 1.807) is 0 Å². The Morgan fingerprint density at radius 2 is 1.82 bits per heavy atom. The number of hydrogen-bond acceptors (Lipinski definition) is 5. The SMILES string of the molecule is c1cnc(O[C@H]2C[C@@H](Nc3ccc4ccccc4n3)C2)c(C2CCOCC2)c1. The monoisotopic (exact) mass is 375 g/mol. The third-order valence-corrected chi connectivity index (χ3v) is 5.79. The summed E-state index contributed by atoms with van der Waals surface area (Å²) in [5.74, 6) is 2.23. The molecule has 28 heavy (non-hydrogen) atoms. The first-order valence-electron chi connectivity index (χ1n) is 10.2. The summed E-state index contributed by atoms with van der Waals surface area (Å²) in [6.07, 6.45) is 6.07. The maximum atomic E-state index is 6.26. The highest BCUT2D eigenvalue weighted by atomic mass is 16.5. The molecule has 0 unspecified atom stereocenters. The summed E-state index contributed by atoms with van der Waals surface area (Å²) in [6, 6.07) is 16.9. The van der Waals surface area contributed by atoms with Crippen LogP contribution in [0.4, 0.5) is 5.82 Å².